The van der Waals surface area contributed by atoms with Crippen LogP contribution in [0.3, 0.4) is 0 Å². The minimum absolute atomic E-state index is 0. The predicted molar refractivity (Wildman–Crippen MR) is 69.7 cm³/mol. The van der Waals surface area contributed by atoms with E-state index in [9.17, 15) is 4.79 Å². The highest BCUT2D eigenvalue weighted by atomic mass is 35.5. The van der Waals surface area contributed by atoms with E-state index in [4.69, 9.17) is 5.73 Å². The monoisotopic (exact) mass is 248 g/mol. The van der Waals surface area contributed by atoms with Gasteiger partial charge in [-0.2, -0.15) is 0 Å². The number of rotatable bonds is 6. The van der Waals surface area contributed by atoms with Crippen LogP contribution in [-0.4, -0.2) is 17.5 Å². The van der Waals surface area contributed by atoms with E-state index in [1.807, 2.05) is 0 Å². The minimum Gasteiger partial charge on any atom is -0.352 e. The van der Waals surface area contributed by atoms with Crippen molar-refractivity contribution in [3.05, 3.63) is 0 Å². The van der Waals surface area contributed by atoms with Gasteiger partial charge in [0.05, 0.1) is 5.54 Å². The summed E-state index contributed by atoms with van der Waals surface area (Å²) in [6.45, 7) is 6.51. The van der Waals surface area contributed by atoms with Gasteiger partial charge in [-0.25, -0.2) is 0 Å². The van der Waals surface area contributed by atoms with E-state index >= 15 is 0 Å². The minimum atomic E-state index is -0.522. The Morgan fingerprint density at radius 2 is 1.88 bits per heavy atom. The van der Waals surface area contributed by atoms with E-state index in [0.717, 1.165) is 25.2 Å². The van der Waals surface area contributed by atoms with E-state index in [1.54, 1.807) is 0 Å². The van der Waals surface area contributed by atoms with E-state index < -0.39 is 5.54 Å². The van der Waals surface area contributed by atoms with Crippen molar-refractivity contribution in [3.63, 3.8) is 0 Å². The van der Waals surface area contributed by atoms with Crippen LogP contribution in [-0.2, 0) is 4.79 Å². The fraction of sp³-hybridized carbons (Fsp3) is 0.917. The Morgan fingerprint density at radius 1 is 1.31 bits per heavy atom. The standard InChI is InChI=1S/C12H24N2O.ClH/c1-9(2)5-4-6-10(3)14-11(15)12(13)7-8-12;/h9-10H,4-8,13H2,1-3H3,(H,14,15);1H. The summed E-state index contributed by atoms with van der Waals surface area (Å²) in [6.07, 6.45) is 5.15. The molecule has 16 heavy (non-hydrogen) atoms. The normalized spacial score (nSPS) is 18.8. The molecule has 3 N–H and O–H groups in total. The number of nitrogens with one attached hydrogen (secondary N) is 1. The Labute approximate surface area is 105 Å². The van der Waals surface area contributed by atoms with Gasteiger partial charge in [-0.15, -0.1) is 12.4 Å². The van der Waals surface area contributed by atoms with Crippen LogP contribution < -0.4 is 11.1 Å². The van der Waals surface area contributed by atoms with Crippen LogP contribution in [0.1, 0.15) is 52.9 Å². The van der Waals surface area contributed by atoms with Gasteiger partial charge in [0.2, 0.25) is 5.91 Å². The van der Waals surface area contributed by atoms with E-state index in [-0.39, 0.29) is 24.4 Å². The number of nitrogens with two attached hydrogens (primary N) is 1. The molecule has 1 saturated carbocycles. The number of carbonyl (C=O) groups is 1. The molecule has 1 aliphatic carbocycles. The third kappa shape index (κ3) is 5.17. The summed E-state index contributed by atoms with van der Waals surface area (Å²) in [6, 6.07) is 0.261. The second kappa shape index (κ2) is 6.45. The van der Waals surface area contributed by atoms with Crippen molar-refractivity contribution in [2.24, 2.45) is 11.7 Å². The van der Waals surface area contributed by atoms with Crippen molar-refractivity contribution in [3.8, 4) is 0 Å². The molecule has 0 spiro atoms. The van der Waals surface area contributed by atoms with Crippen LogP contribution in [0.4, 0.5) is 0 Å². The molecule has 0 saturated heterocycles. The zero-order chi connectivity index (χ0) is 11.5. The molecule has 1 unspecified atom stereocenters. The largest absolute Gasteiger partial charge is 0.352 e. The van der Waals surface area contributed by atoms with Crippen LogP contribution in [0.25, 0.3) is 0 Å². The van der Waals surface area contributed by atoms with E-state index in [1.165, 1.54) is 12.8 Å². The molecule has 1 aliphatic rings. The average Bonchev–Trinajstić information content (AvgIpc) is 2.84. The van der Waals surface area contributed by atoms with Crippen LogP contribution in [0.5, 0.6) is 0 Å². The van der Waals surface area contributed by atoms with Crippen molar-refractivity contribution in [1.82, 2.24) is 5.32 Å². The maximum absolute atomic E-state index is 11.6. The first-order chi connectivity index (χ1) is 6.94. The third-order valence-corrected chi connectivity index (χ3v) is 3.04. The molecule has 0 aromatic rings. The van der Waals surface area contributed by atoms with E-state index in [0.29, 0.717) is 0 Å². The molecule has 0 radical (unpaired) electrons. The SMILES string of the molecule is CC(C)CCCC(C)NC(=O)C1(N)CC1.Cl. The number of hydrogen-bond acceptors (Lipinski definition) is 2. The quantitative estimate of drug-likeness (QED) is 0.758. The Bertz CT molecular complexity index is 227. The summed E-state index contributed by atoms with van der Waals surface area (Å²) in [5, 5.41) is 2.99. The summed E-state index contributed by atoms with van der Waals surface area (Å²) < 4.78 is 0. The lowest BCUT2D eigenvalue weighted by Gasteiger charge is -2.17. The summed E-state index contributed by atoms with van der Waals surface area (Å²) >= 11 is 0. The van der Waals surface area contributed by atoms with Crippen LogP contribution in [0.15, 0.2) is 0 Å². The van der Waals surface area contributed by atoms with Gasteiger partial charge in [0.25, 0.3) is 0 Å². The highest BCUT2D eigenvalue weighted by Gasteiger charge is 2.46. The lowest BCUT2D eigenvalue weighted by Crippen LogP contribution is -2.46. The van der Waals surface area contributed by atoms with Gasteiger partial charge in [0, 0.05) is 6.04 Å². The van der Waals surface area contributed by atoms with Gasteiger partial charge in [0.15, 0.2) is 0 Å². The Balaban J connectivity index is 0.00000225. The number of hydrogen-bond donors (Lipinski definition) is 2. The first kappa shape index (κ1) is 15.7. The average molecular weight is 249 g/mol. The molecule has 0 aliphatic heterocycles. The summed E-state index contributed by atoms with van der Waals surface area (Å²) in [5.74, 6) is 0.789. The number of amides is 1. The van der Waals surface area contributed by atoms with Gasteiger partial charge in [-0.05, 0) is 32.1 Å². The van der Waals surface area contributed by atoms with Crippen LogP contribution in [0, 0.1) is 5.92 Å². The van der Waals surface area contributed by atoms with Crippen molar-refractivity contribution >= 4 is 18.3 Å². The summed E-state index contributed by atoms with van der Waals surface area (Å²) in [5.41, 5.74) is 5.28. The molecule has 0 heterocycles. The molecule has 0 aromatic heterocycles. The van der Waals surface area contributed by atoms with Gasteiger partial charge in [0.1, 0.15) is 0 Å². The molecule has 1 atom stereocenters. The topological polar surface area (TPSA) is 55.1 Å². The fourth-order valence-electron chi connectivity index (χ4n) is 1.63. The predicted octanol–water partition coefficient (Wildman–Crippen LogP) is 2.23. The lowest BCUT2D eigenvalue weighted by molar-refractivity contribution is -0.123. The Morgan fingerprint density at radius 3 is 2.31 bits per heavy atom. The second-order valence-electron chi connectivity index (χ2n) is 5.36. The second-order valence-corrected chi connectivity index (χ2v) is 5.36. The van der Waals surface area contributed by atoms with Crippen LogP contribution >= 0.6 is 12.4 Å². The molecule has 0 bridgehead atoms. The molecule has 96 valence electrons. The molecule has 3 nitrogen and oxygen atoms in total. The van der Waals surface area contributed by atoms with Crippen LogP contribution in [0.2, 0.25) is 0 Å². The summed E-state index contributed by atoms with van der Waals surface area (Å²) in [7, 11) is 0. The highest BCUT2D eigenvalue weighted by Crippen LogP contribution is 2.32. The molecule has 0 aromatic carbocycles. The Kier molecular flexibility index (Phi) is 6.34. The number of carbonyl (C=O) groups excluding carboxylic acids is 1. The van der Waals surface area contributed by atoms with E-state index in [2.05, 4.69) is 26.1 Å². The molecule has 1 rings (SSSR count). The van der Waals surface area contributed by atoms with Crippen molar-refractivity contribution in [2.75, 3.05) is 0 Å². The van der Waals surface area contributed by atoms with Gasteiger partial charge in [-0.3, -0.25) is 4.79 Å². The van der Waals surface area contributed by atoms with Crippen molar-refractivity contribution in [1.29, 1.82) is 0 Å². The fourth-order valence-corrected chi connectivity index (χ4v) is 1.63. The van der Waals surface area contributed by atoms with Gasteiger partial charge >= 0.3 is 0 Å². The Hall–Kier alpha value is -0.280. The third-order valence-electron chi connectivity index (χ3n) is 3.04. The zero-order valence-electron chi connectivity index (χ0n) is 10.6. The maximum atomic E-state index is 11.6. The molecule has 4 heteroatoms. The lowest BCUT2D eigenvalue weighted by atomic mass is 10.0. The first-order valence-electron chi connectivity index (χ1n) is 6.04. The maximum Gasteiger partial charge on any atom is 0.240 e. The molecule has 1 amide bonds. The summed E-state index contributed by atoms with van der Waals surface area (Å²) in [4.78, 5) is 11.6. The number of halogens is 1. The van der Waals surface area contributed by atoms with Gasteiger partial charge < -0.3 is 11.1 Å². The zero-order valence-corrected chi connectivity index (χ0v) is 11.4. The smallest absolute Gasteiger partial charge is 0.240 e. The molecule has 1 fully saturated rings. The first-order valence-corrected chi connectivity index (χ1v) is 6.04. The molecular formula is C12H25ClN2O. The van der Waals surface area contributed by atoms with Crippen molar-refractivity contribution < 1.29 is 4.79 Å². The van der Waals surface area contributed by atoms with Crippen molar-refractivity contribution in [2.45, 2.75) is 64.5 Å². The molecular weight excluding hydrogens is 224 g/mol. The van der Waals surface area contributed by atoms with Gasteiger partial charge in [-0.1, -0.05) is 26.7 Å². The highest BCUT2D eigenvalue weighted by molar-refractivity contribution is 5.89.